The van der Waals surface area contributed by atoms with Crippen LogP contribution in [0, 0.1) is 5.92 Å². The van der Waals surface area contributed by atoms with Crippen LogP contribution in [0.1, 0.15) is 20.8 Å². The van der Waals surface area contributed by atoms with Crippen molar-refractivity contribution in [1.82, 2.24) is 0 Å². The maximum atomic E-state index is 5.97. The maximum absolute atomic E-state index is 5.97. The van der Waals surface area contributed by atoms with Crippen LogP contribution in [0.2, 0.25) is 0 Å². The minimum atomic E-state index is 0.541. The second-order valence-corrected chi connectivity index (χ2v) is 4.70. The van der Waals surface area contributed by atoms with E-state index in [0.29, 0.717) is 5.92 Å². The molecule has 0 fully saturated rings. The smallest absolute Gasteiger partial charge is 0.375 e. The van der Waals surface area contributed by atoms with Gasteiger partial charge in [0.05, 0.1) is 12.0 Å². The van der Waals surface area contributed by atoms with Crippen LogP contribution in [-0.4, -0.2) is 6.61 Å². The molecule has 2 heteroatoms. The van der Waals surface area contributed by atoms with Gasteiger partial charge in [-0.25, -0.2) is 0 Å². The van der Waals surface area contributed by atoms with Gasteiger partial charge in [0.25, 0.3) is 0 Å². The van der Waals surface area contributed by atoms with Crippen molar-refractivity contribution in [3.8, 4) is 5.88 Å². The Hall–Kier alpha value is -1.57. The SMILES string of the molecule is CC[n+]1ccc2ccccc2c1OCC(C)C. The van der Waals surface area contributed by atoms with E-state index in [1.54, 1.807) is 0 Å². The first-order valence-electron chi connectivity index (χ1n) is 6.26. The fourth-order valence-electron chi connectivity index (χ4n) is 1.89. The van der Waals surface area contributed by atoms with Crippen molar-refractivity contribution in [2.75, 3.05) is 6.61 Å². The molecule has 2 rings (SSSR count). The molecule has 1 heterocycles. The van der Waals surface area contributed by atoms with Crippen LogP contribution in [0.3, 0.4) is 0 Å². The Labute approximate surface area is 103 Å². The zero-order chi connectivity index (χ0) is 12.3. The lowest BCUT2D eigenvalue weighted by atomic mass is 10.1. The number of aryl methyl sites for hydroxylation is 1. The van der Waals surface area contributed by atoms with E-state index in [1.807, 2.05) is 0 Å². The second kappa shape index (κ2) is 5.17. The van der Waals surface area contributed by atoms with E-state index in [2.05, 4.69) is 61.9 Å². The third-order valence-electron chi connectivity index (χ3n) is 2.78. The molecular weight excluding hydrogens is 210 g/mol. The summed E-state index contributed by atoms with van der Waals surface area (Å²) in [5, 5.41) is 2.42. The number of aromatic nitrogens is 1. The molecule has 2 nitrogen and oxygen atoms in total. The number of rotatable bonds is 4. The lowest BCUT2D eigenvalue weighted by Gasteiger charge is -2.09. The van der Waals surface area contributed by atoms with Gasteiger partial charge in [-0.1, -0.05) is 32.0 Å². The lowest BCUT2D eigenvalue weighted by molar-refractivity contribution is -0.697. The van der Waals surface area contributed by atoms with Gasteiger partial charge in [0.15, 0.2) is 6.20 Å². The summed E-state index contributed by atoms with van der Waals surface area (Å²) in [4.78, 5) is 0. The molecule has 0 atom stereocenters. The predicted octanol–water partition coefficient (Wildman–Crippen LogP) is 3.18. The monoisotopic (exact) mass is 230 g/mol. The third-order valence-corrected chi connectivity index (χ3v) is 2.78. The molecule has 0 saturated heterocycles. The summed E-state index contributed by atoms with van der Waals surface area (Å²) in [6, 6.07) is 10.5. The fourth-order valence-corrected chi connectivity index (χ4v) is 1.89. The van der Waals surface area contributed by atoms with Gasteiger partial charge < -0.3 is 4.74 Å². The minimum absolute atomic E-state index is 0.541. The first-order chi connectivity index (χ1) is 8.22. The van der Waals surface area contributed by atoms with Gasteiger partial charge in [0.2, 0.25) is 0 Å². The van der Waals surface area contributed by atoms with E-state index in [0.717, 1.165) is 19.0 Å². The number of ether oxygens (including phenoxy) is 1. The van der Waals surface area contributed by atoms with Crippen LogP contribution >= 0.6 is 0 Å². The molecule has 0 spiro atoms. The van der Waals surface area contributed by atoms with Crippen molar-refractivity contribution in [2.45, 2.75) is 27.3 Å². The van der Waals surface area contributed by atoms with Crippen molar-refractivity contribution < 1.29 is 9.30 Å². The van der Waals surface area contributed by atoms with Crippen molar-refractivity contribution in [3.05, 3.63) is 36.5 Å². The Morgan fingerprint density at radius 2 is 1.94 bits per heavy atom. The number of nitrogens with zero attached hydrogens (tertiary/aromatic N) is 1. The van der Waals surface area contributed by atoms with E-state index in [-0.39, 0.29) is 0 Å². The van der Waals surface area contributed by atoms with Crippen LogP contribution in [0.25, 0.3) is 10.8 Å². The molecule has 0 radical (unpaired) electrons. The molecule has 0 saturated carbocycles. The number of benzene rings is 1. The zero-order valence-electron chi connectivity index (χ0n) is 10.8. The average Bonchev–Trinajstić information content (AvgIpc) is 2.35. The summed E-state index contributed by atoms with van der Waals surface area (Å²) in [7, 11) is 0. The van der Waals surface area contributed by atoms with Crippen LogP contribution < -0.4 is 9.30 Å². The van der Waals surface area contributed by atoms with Crippen molar-refractivity contribution >= 4 is 10.8 Å². The second-order valence-electron chi connectivity index (χ2n) is 4.70. The molecule has 0 bridgehead atoms. The van der Waals surface area contributed by atoms with E-state index < -0.39 is 0 Å². The summed E-state index contributed by atoms with van der Waals surface area (Å²) in [5.41, 5.74) is 0. The first-order valence-corrected chi connectivity index (χ1v) is 6.26. The van der Waals surface area contributed by atoms with Crippen molar-refractivity contribution in [1.29, 1.82) is 0 Å². The number of hydrogen-bond donors (Lipinski definition) is 0. The molecule has 0 aliphatic rings. The minimum Gasteiger partial charge on any atom is -0.444 e. The maximum Gasteiger partial charge on any atom is 0.375 e. The topological polar surface area (TPSA) is 13.1 Å². The Bertz CT molecular complexity index is 505. The highest BCUT2D eigenvalue weighted by Crippen LogP contribution is 2.21. The molecule has 0 aliphatic heterocycles. The molecule has 17 heavy (non-hydrogen) atoms. The molecular formula is C15H20NO+. The van der Waals surface area contributed by atoms with Crippen molar-refractivity contribution in [3.63, 3.8) is 0 Å². The Morgan fingerprint density at radius 1 is 1.18 bits per heavy atom. The fraction of sp³-hybridized carbons (Fsp3) is 0.400. The third kappa shape index (κ3) is 2.57. The number of fused-ring (bicyclic) bond motifs is 1. The predicted molar refractivity (Wildman–Crippen MR) is 70.2 cm³/mol. The van der Waals surface area contributed by atoms with Gasteiger partial charge in [-0.2, -0.15) is 4.57 Å². The standard InChI is InChI=1S/C15H20NO/c1-4-16-10-9-13-7-5-6-8-14(13)15(16)17-11-12(2)3/h5-10,12H,4,11H2,1-3H3/q+1. The van der Waals surface area contributed by atoms with Crippen LogP contribution in [0.4, 0.5) is 0 Å². The lowest BCUT2D eigenvalue weighted by Crippen LogP contribution is -2.34. The summed E-state index contributed by atoms with van der Waals surface area (Å²) < 4.78 is 8.12. The Morgan fingerprint density at radius 3 is 2.65 bits per heavy atom. The summed E-state index contributed by atoms with van der Waals surface area (Å²) >= 11 is 0. The molecule has 2 aromatic rings. The molecule has 1 aromatic carbocycles. The molecule has 0 N–H and O–H groups in total. The zero-order valence-corrected chi connectivity index (χ0v) is 10.8. The van der Waals surface area contributed by atoms with E-state index >= 15 is 0 Å². The van der Waals surface area contributed by atoms with Gasteiger partial charge in [0, 0.05) is 6.07 Å². The molecule has 0 aliphatic carbocycles. The van der Waals surface area contributed by atoms with Gasteiger partial charge >= 0.3 is 5.88 Å². The van der Waals surface area contributed by atoms with Crippen molar-refractivity contribution in [2.24, 2.45) is 5.92 Å². The van der Waals surface area contributed by atoms with Gasteiger partial charge in [-0.05, 0) is 24.3 Å². The Balaban J connectivity index is 2.47. The van der Waals surface area contributed by atoms with Crippen LogP contribution in [0.5, 0.6) is 5.88 Å². The highest BCUT2D eigenvalue weighted by atomic mass is 16.5. The number of hydrogen-bond acceptors (Lipinski definition) is 1. The largest absolute Gasteiger partial charge is 0.444 e. The highest BCUT2D eigenvalue weighted by molar-refractivity contribution is 5.85. The summed E-state index contributed by atoms with van der Waals surface area (Å²) in [5.74, 6) is 1.53. The molecule has 0 amide bonds. The van der Waals surface area contributed by atoms with Gasteiger partial charge in [-0.15, -0.1) is 0 Å². The van der Waals surface area contributed by atoms with E-state index in [9.17, 15) is 0 Å². The first kappa shape index (κ1) is 11.9. The average molecular weight is 230 g/mol. The summed E-state index contributed by atoms with van der Waals surface area (Å²) in [6.07, 6.45) is 2.10. The van der Waals surface area contributed by atoms with Crippen LogP contribution in [-0.2, 0) is 6.54 Å². The molecule has 0 unspecified atom stereocenters. The quantitative estimate of drug-likeness (QED) is 0.735. The van der Waals surface area contributed by atoms with Gasteiger partial charge in [-0.3, -0.25) is 0 Å². The Kier molecular flexibility index (Phi) is 3.62. The number of pyridine rings is 1. The highest BCUT2D eigenvalue weighted by Gasteiger charge is 2.15. The van der Waals surface area contributed by atoms with E-state index in [4.69, 9.17) is 4.74 Å². The van der Waals surface area contributed by atoms with Gasteiger partial charge in [0.1, 0.15) is 6.54 Å². The van der Waals surface area contributed by atoms with E-state index in [1.165, 1.54) is 10.8 Å². The molecule has 1 aromatic heterocycles. The normalized spacial score (nSPS) is 11.1. The molecule has 90 valence electrons. The summed E-state index contributed by atoms with van der Waals surface area (Å²) in [6.45, 7) is 8.16. The van der Waals surface area contributed by atoms with Crippen LogP contribution in [0.15, 0.2) is 36.5 Å².